The van der Waals surface area contributed by atoms with Gasteiger partial charge in [-0.1, -0.05) is 69.7 Å². The van der Waals surface area contributed by atoms with Gasteiger partial charge in [-0.25, -0.2) is 4.57 Å². The first kappa shape index (κ1) is 19.1. The van der Waals surface area contributed by atoms with Crippen LogP contribution in [0.15, 0.2) is 87.2 Å². The highest BCUT2D eigenvalue weighted by atomic mass is 79.9. The van der Waals surface area contributed by atoms with Gasteiger partial charge in [-0.3, -0.25) is 9.20 Å². The summed E-state index contributed by atoms with van der Waals surface area (Å²) in [5, 5.41) is 10.2. The highest BCUT2D eigenvalue weighted by Gasteiger charge is 2.17. The molecule has 30 heavy (non-hydrogen) atoms. The molecule has 0 atom stereocenters. The van der Waals surface area contributed by atoms with Gasteiger partial charge in [-0.2, -0.15) is 0 Å². The number of para-hydroxylation sites is 1. The number of hydrogen-bond donors (Lipinski definition) is 0. The molecule has 0 bridgehead atoms. The minimum Gasteiger partial charge on any atom is -0.268 e. The van der Waals surface area contributed by atoms with Gasteiger partial charge in [0.25, 0.3) is 5.56 Å². The lowest BCUT2D eigenvalue weighted by Crippen LogP contribution is -2.21. The van der Waals surface area contributed by atoms with Crippen LogP contribution in [0.3, 0.4) is 0 Å². The van der Waals surface area contributed by atoms with Crippen molar-refractivity contribution in [1.82, 2.24) is 19.2 Å². The van der Waals surface area contributed by atoms with E-state index in [2.05, 4.69) is 38.3 Å². The fourth-order valence-electron chi connectivity index (χ4n) is 3.43. The van der Waals surface area contributed by atoms with Crippen LogP contribution in [0.2, 0.25) is 0 Å². The molecule has 0 amide bonds. The maximum Gasteiger partial charge on any atom is 0.267 e. The number of halogens is 1. The molecule has 0 fully saturated rings. The number of hydrogen-bond acceptors (Lipinski definition) is 4. The molecule has 0 saturated heterocycles. The quantitative estimate of drug-likeness (QED) is 0.326. The van der Waals surface area contributed by atoms with E-state index < -0.39 is 0 Å². The number of aryl methyl sites for hydroxylation is 1. The van der Waals surface area contributed by atoms with Crippen LogP contribution in [0.25, 0.3) is 22.4 Å². The molecule has 5 rings (SSSR count). The SMILES string of the molecule is Cc1ccc(-n2c(=O)c3ccccc3n3c(SCc4ccc(Br)cc4)nnc23)cc1. The average molecular weight is 477 g/mol. The molecule has 0 spiro atoms. The van der Waals surface area contributed by atoms with E-state index in [1.807, 2.05) is 72.0 Å². The monoisotopic (exact) mass is 476 g/mol. The minimum atomic E-state index is -0.0983. The first-order valence-corrected chi connectivity index (χ1v) is 11.2. The van der Waals surface area contributed by atoms with Crippen LogP contribution in [-0.2, 0) is 5.75 Å². The van der Waals surface area contributed by atoms with Gasteiger partial charge in [0, 0.05) is 10.2 Å². The average Bonchev–Trinajstić information content (AvgIpc) is 3.18. The number of thioether (sulfide) groups is 1. The van der Waals surface area contributed by atoms with E-state index in [-0.39, 0.29) is 5.56 Å². The Labute approximate surface area is 185 Å². The summed E-state index contributed by atoms with van der Waals surface area (Å²) in [5.41, 5.74) is 3.81. The van der Waals surface area contributed by atoms with Gasteiger partial charge in [0.05, 0.1) is 16.6 Å². The number of fused-ring (bicyclic) bond motifs is 3. The molecule has 0 radical (unpaired) electrons. The van der Waals surface area contributed by atoms with E-state index in [1.165, 1.54) is 5.56 Å². The van der Waals surface area contributed by atoms with Crippen molar-refractivity contribution in [3.05, 3.63) is 98.7 Å². The third kappa shape index (κ3) is 3.34. The van der Waals surface area contributed by atoms with Gasteiger partial charge in [-0.15, -0.1) is 10.2 Å². The van der Waals surface area contributed by atoms with Crippen molar-refractivity contribution in [2.45, 2.75) is 17.8 Å². The fourth-order valence-corrected chi connectivity index (χ4v) is 4.59. The summed E-state index contributed by atoms with van der Waals surface area (Å²) in [6, 6.07) is 23.7. The second-order valence-electron chi connectivity index (χ2n) is 7.03. The Hall–Kier alpha value is -2.90. The first-order valence-electron chi connectivity index (χ1n) is 9.45. The highest BCUT2D eigenvalue weighted by molar-refractivity contribution is 9.10. The zero-order valence-corrected chi connectivity index (χ0v) is 18.5. The van der Waals surface area contributed by atoms with Crippen molar-refractivity contribution < 1.29 is 0 Å². The lowest BCUT2D eigenvalue weighted by molar-refractivity contribution is 0.930. The summed E-state index contributed by atoms with van der Waals surface area (Å²) in [7, 11) is 0. The van der Waals surface area contributed by atoms with Gasteiger partial charge in [-0.05, 0) is 48.9 Å². The van der Waals surface area contributed by atoms with Gasteiger partial charge < -0.3 is 0 Å². The summed E-state index contributed by atoms with van der Waals surface area (Å²) in [4.78, 5) is 13.3. The Balaban J connectivity index is 1.69. The minimum absolute atomic E-state index is 0.0983. The molecule has 148 valence electrons. The third-order valence-electron chi connectivity index (χ3n) is 4.97. The van der Waals surface area contributed by atoms with E-state index in [1.54, 1.807) is 16.3 Å². The number of benzene rings is 3. The second kappa shape index (κ2) is 7.74. The predicted octanol–water partition coefficient (Wildman–Crippen LogP) is 5.40. The van der Waals surface area contributed by atoms with Crippen molar-refractivity contribution in [1.29, 1.82) is 0 Å². The van der Waals surface area contributed by atoms with Gasteiger partial charge in [0.2, 0.25) is 5.78 Å². The normalized spacial score (nSPS) is 11.4. The van der Waals surface area contributed by atoms with Gasteiger partial charge >= 0.3 is 0 Å². The summed E-state index contributed by atoms with van der Waals surface area (Å²) in [5.74, 6) is 1.27. The molecule has 0 N–H and O–H groups in total. The number of aromatic nitrogens is 4. The van der Waals surface area contributed by atoms with Crippen LogP contribution in [0.1, 0.15) is 11.1 Å². The summed E-state index contributed by atoms with van der Waals surface area (Å²) in [6.07, 6.45) is 0. The Morgan fingerprint density at radius 1 is 0.933 bits per heavy atom. The Morgan fingerprint density at radius 3 is 2.43 bits per heavy atom. The summed E-state index contributed by atoms with van der Waals surface area (Å²) >= 11 is 5.07. The molecule has 0 aliphatic rings. The largest absolute Gasteiger partial charge is 0.268 e. The molecule has 0 unspecified atom stereocenters. The smallest absolute Gasteiger partial charge is 0.267 e. The van der Waals surface area contributed by atoms with Crippen LogP contribution in [0.5, 0.6) is 0 Å². The summed E-state index contributed by atoms with van der Waals surface area (Å²) in [6.45, 7) is 2.02. The maximum atomic E-state index is 13.3. The topological polar surface area (TPSA) is 52.2 Å². The van der Waals surface area contributed by atoms with E-state index in [9.17, 15) is 4.79 Å². The lowest BCUT2D eigenvalue weighted by atomic mass is 10.2. The molecular weight excluding hydrogens is 460 g/mol. The second-order valence-corrected chi connectivity index (χ2v) is 8.88. The molecule has 2 heterocycles. The van der Waals surface area contributed by atoms with E-state index in [0.29, 0.717) is 11.2 Å². The molecule has 2 aromatic heterocycles. The Bertz CT molecular complexity index is 1420. The van der Waals surface area contributed by atoms with Crippen molar-refractivity contribution in [2.24, 2.45) is 0 Å². The number of nitrogens with zero attached hydrogens (tertiary/aromatic N) is 4. The van der Waals surface area contributed by atoms with Crippen LogP contribution < -0.4 is 5.56 Å². The first-order chi connectivity index (χ1) is 14.6. The standard InChI is InChI=1S/C23H17BrN4OS/c1-15-6-12-18(13-7-15)27-21(29)19-4-2-3-5-20(19)28-22(27)25-26-23(28)30-14-16-8-10-17(24)11-9-16/h2-13H,14H2,1H3. The third-order valence-corrected chi connectivity index (χ3v) is 6.50. The maximum absolute atomic E-state index is 13.3. The summed E-state index contributed by atoms with van der Waals surface area (Å²) < 4.78 is 4.66. The van der Waals surface area contributed by atoms with Crippen molar-refractivity contribution >= 4 is 44.4 Å². The van der Waals surface area contributed by atoms with Gasteiger partial charge in [0.15, 0.2) is 5.16 Å². The van der Waals surface area contributed by atoms with Crippen LogP contribution >= 0.6 is 27.7 Å². The molecule has 0 aliphatic heterocycles. The van der Waals surface area contributed by atoms with Crippen molar-refractivity contribution in [2.75, 3.05) is 0 Å². The molecule has 7 heteroatoms. The fraction of sp³-hybridized carbons (Fsp3) is 0.0870. The predicted molar refractivity (Wildman–Crippen MR) is 125 cm³/mol. The molecule has 0 saturated carbocycles. The molecule has 0 aliphatic carbocycles. The molecule has 3 aromatic carbocycles. The Morgan fingerprint density at radius 2 is 1.67 bits per heavy atom. The van der Waals surface area contributed by atoms with Gasteiger partial charge in [0.1, 0.15) is 0 Å². The highest BCUT2D eigenvalue weighted by Crippen LogP contribution is 2.26. The van der Waals surface area contributed by atoms with Crippen LogP contribution in [0, 0.1) is 6.92 Å². The zero-order chi connectivity index (χ0) is 20.7. The van der Waals surface area contributed by atoms with Crippen molar-refractivity contribution in [3.8, 4) is 5.69 Å². The molecule has 5 aromatic rings. The van der Waals surface area contributed by atoms with E-state index in [0.717, 1.165) is 32.1 Å². The zero-order valence-electron chi connectivity index (χ0n) is 16.1. The number of rotatable bonds is 4. The van der Waals surface area contributed by atoms with E-state index >= 15 is 0 Å². The lowest BCUT2D eigenvalue weighted by Gasteiger charge is -2.11. The molecular formula is C23H17BrN4OS. The van der Waals surface area contributed by atoms with Crippen LogP contribution in [0.4, 0.5) is 0 Å². The van der Waals surface area contributed by atoms with E-state index in [4.69, 9.17) is 0 Å². The molecule has 5 nitrogen and oxygen atoms in total. The van der Waals surface area contributed by atoms with Crippen LogP contribution in [-0.4, -0.2) is 19.2 Å². The van der Waals surface area contributed by atoms with Crippen molar-refractivity contribution in [3.63, 3.8) is 0 Å². The Kier molecular flexibility index (Phi) is 4.92.